The van der Waals surface area contributed by atoms with Crippen molar-refractivity contribution in [2.75, 3.05) is 6.61 Å². The summed E-state index contributed by atoms with van der Waals surface area (Å²) >= 11 is 0. The molecule has 1 aliphatic heterocycles. The highest BCUT2D eigenvalue weighted by Crippen LogP contribution is 2.23. The Hall–Kier alpha value is -0.980. The van der Waals surface area contributed by atoms with E-state index in [0.29, 0.717) is 5.92 Å². The molecular weight excluding hydrogens is 160 g/mol. The topological polar surface area (TPSA) is 9.23 Å². The molecule has 1 rings (SSSR count). The first-order chi connectivity index (χ1) is 6.15. The first-order valence-corrected chi connectivity index (χ1v) is 4.81. The van der Waals surface area contributed by atoms with Crippen LogP contribution in [0, 0.1) is 5.92 Å². The lowest BCUT2D eigenvalue weighted by Gasteiger charge is -2.04. The number of ether oxygens (including phenoxy) is 1. The molecule has 13 heavy (non-hydrogen) atoms. The summed E-state index contributed by atoms with van der Waals surface area (Å²) in [5, 5.41) is 0. The second-order valence-electron chi connectivity index (χ2n) is 3.74. The number of hydrogen-bond donors (Lipinski definition) is 0. The van der Waals surface area contributed by atoms with Gasteiger partial charge in [-0.2, -0.15) is 0 Å². The van der Waals surface area contributed by atoms with Crippen LogP contribution in [0.15, 0.2) is 35.6 Å². The molecule has 0 saturated heterocycles. The average molecular weight is 178 g/mol. The van der Waals surface area contributed by atoms with Gasteiger partial charge in [0.25, 0.3) is 0 Å². The van der Waals surface area contributed by atoms with Crippen molar-refractivity contribution < 1.29 is 4.74 Å². The van der Waals surface area contributed by atoms with Gasteiger partial charge in [-0.1, -0.05) is 32.1 Å². The van der Waals surface area contributed by atoms with E-state index in [0.717, 1.165) is 18.8 Å². The third kappa shape index (κ3) is 2.48. The van der Waals surface area contributed by atoms with Gasteiger partial charge in [0, 0.05) is 6.42 Å². The average Bonchev–Trinajstić information content (AvgIpc) is 2.51. The zero-order valence-corrected chi connectivity index (χ0v) is 8.76. The quantitative estimate of drug-likeness (QED) is 0.643. The first-order valence-electron chi connectivity index (χ1n) is 4.81. The molecule has 0 amide bonds. The van der Waals surface area contributed by atoms with E-state index >= 15 is 0 Å². The van der Waals surface area contributed by atoms with E-state index in [1.165, 1.54) is 11.1 Å². The highest BCUT2D eigenvalue weighted by molar-refractivity contribution is 5.33. The van der Waals surface area contributed by atoms with Gasteiger partial charge in [0.1, 0.15) is 5.76 Å². The van der Waals surface area contributed by atoms with Crippen LogP contribution in [-0.4, -0.2) is 6.61 Å². The Balaban J connectivity index is 2.83. The number of hydrogen-bond acceptors (Lipinski definition) is 1. The maximum absolute atomic E-state index is 5.41. The molecule has 1 nitrogen and oxygen atoms in total. The second kappa shape index (κ2) is 4.31. The van der Waals surface area contributed by atoms with Gasteiger partial charge in [-0.15, -0.1) is 0 Å². The first kappa shape index (κ1) is 10.1. The molecule has 0 aliphatic carbocycles. The van der Waals surface area contributed by atoms with E-state index in [4.69, 9.17) is 4.74 Å². The molecule has 0 radical (unpaired) electrons. The van der Waals surface area contributed by atoms with Crippen molar-refractivity contribution in [1.29, 1.82) is 0 Å². The van der Waals surface area contributed by atoms with Crippen LogP contribution in [0.2, 0.25) is 0 Å². The third-order valence-electron chi connectivity index (χ3n) is 2.44. The zero-order valence-electron chi connectivity index (χ0n) is 8.76. The van der Waals surface area contributed by atoms with Gasteiger partial charge in [-0.05, 0) is 24.5 Å². The van der Waals surface area contributed by atoms with Gasteiger partial charge < -0.3 is 4.74 Å². The number of allylic oxidation sites excluding steroid dienone is 3. The van der Waals surface area contributed by atoms with Crippen molar-refractivity contribution in [2.45, 2.75) is 27.2 Å². The molecule has 72 valence electrons. The van der Waals surface area contributed by atoms with E-state index in [2.05, 4.69) is 33.4 Å². The molecule has 0 N–H and O–H groups in total. The Morgan fingerprint density at radius 3 is 2.77 bits per heavy atom. The van der Waals surface area contributed by atoms with Crippen LogP contribution in [0.3, 0.4) is 0 Å². The summed E-state index contributed by atoms with van der Waals surface area (Å²) in [6, 6.07) is 0. The molecule has 0 spiro atoms. The summed E-state index contributed by atoms with van der Waals surface area (Å²) in [6.45, 7) is 11.1. The summed E-state index contributed by atoms with van der Waals surface area (Å²) in [6.07, 6.45) is 5.05. The fourth-order valence-electron chi connectivity index (χ4n) is 1.26. The highest BCUT2D eigenvalue weighted by Gasteiger charge is 2.11. The summed E-state index contributed by atoms with van der Waals surface area (Å²) in [5.74, 6) is 1.57. The van der Waals surface area contributed by atoms with Crippen LogP contribution in [0.1, 0.15) is 27.2 Å². The normalized spacial score (nSPS) is 18.0. The van der Waals surface area contributed by atoms with E-state index in [9.17, 15) is 0 Å². The summed E-state index contributed by atoms with van der Waals surface area (Å²) in [7, 11) is 0. The van der Waals surface area contributed by atoms with Crippen LogP contribution in [0.5, 0.6) is 0 Å². The fourth-order valence-corrected chi connectivity index (χ4v) is 1.26. The minimum atomic E-state index is 0.610. The van der Waals surface area contributed by atoms with Gasteiger partial charge in [0.2, 0.25) is 0 Å². The van der Waals surface area contributed by atoms with Crippen molar-refractivity contribution in [1.82, 2.24) is 0 Å². The fraction of sp³-hybridized carbons (Fsp3) is 0.500. The van der Waals surface area contributed by atoms with Crippen molar-refractivity contribution in [2.24, 2.45) is 5.92 Å². The van der Waals surface area contributed by atoms with Crippen molar-refractivity contribution >= 4 is 0 Å². The molecule has 0 atom stereocenters. The lowest BCUT2D eigenvalue weighted by Crippen LogP contribution is -1.89. The van der Waals surface area contributed by atoms with Crippen molar-refractivity contribution in [3.63, 3.8) is 0 Å². The van der Waals surface area contributed by atoms with Crippen molar-refractivity contribution in [3.05, 3.63) is 35.6 Å². The van der Waals surface area contributed by atoms with Gasteiger partial charge >= 0.3 is 0 Å². The Bertz CT molecular complexity index is 256. The molecule has 0 aromatic rings. The molecule has 0 saturated carbocycles. The van der Waals surface area contributed by atoms with Gasteiger partial charge in [0.05, 0.1) is 6.61 Å². The molecule has 1 heteroatoms. The molecule has 0 aromatic heterocycles. The van der Waals surface area contributed by atoms with Crippen LogP contribution >= 0.6 is 0 Å². The number of rotatable bonds is 3. The summed E-state index contributed by atoms with van der Waals surface area (Å²) < 4.78 is 5.41. The summed E-state index contributed by atoms with van der Waals surface area (Å²) in [4.78, 5) is 0. The molecule has 0 bridgehead atoms. The van der Waals surface area contributed by atoms with Gasteiger partial charge in [-0.3, -0.25) is 0 Å². The minimum Gasteiger partial charge on any atom is -0.493 e. The maximum Gasteiger partial charge on any atom is 0.122 e. The zero-order chi connectivity index (χ0) is 9.84. The molecular formula is C12H18O. The minimum absolute atomic E-state index is 0.610. The lowest BCUT2D eigenvalue weighted by atomic mass is 10.0. The Labute approximate surface area is 80.8 Å². The van der Waals surface area contributed by atoms with Gasteiger partial charge in [-0.25, -0.2) is 0 Å². The highest BCUT2D eigenvalue weighted by atomic mass is 16.5. The Morgan fingerprint density at radius 2 is 2.23 bits per heavy atom. The van der Waals surface area contributed by atoms with Crippen LogP contribution < -0.4 is 0 Å². The van der Waals surface area contributed by atoms with E-state index in [1.54, 1.807) is 6.08 Å². The molecule has 1 aliphatic rings. The molecule has 1 heterocycles. The molecule has 0 fully saturated rings. The second-order valence-corrected chi connectivity index (χ2v) is 3.74. The SMILES string of the molecule is C=CC1=C(/C=C(\C)C(C)C)CCO1. The predicted octanol–water partition coefficient (Wildman–Crippen LogP) is 3.45. The monoisotopic (exact) mass is 178 g/mol. The van der Waals surface area contributed by atoms with Crippen molar-refractivity contribution in [3.8, 4) is 0 Å². The third-order valence-corrected chi connectivity index (χ3v) is 2.44. The largest absolute Gasteiger partial charge is 0.493 e. The van der Waals surface area contributed by atoms with Crippen LogP contribution in [0.4, 0.5) is 0 Å². The van der Waals surface area contributed by atoms with E-state index in [-0.39, 0.29) is 0 Å². The van der Waals surface area contributed by atoms with Crippen LogP contribution in [-0.2, 0) is 4.74 Å². The van der Waals surface area contributed by atoms with Gasteiger partial charge in [0.15, 0.2) is 0 Å². The van der Waals surface area contributed by atoms with Crippen LogP contribution in [0.25, 0.3) is 0 Å². The smallest absolute Gasteiger partial charge is 0.122 e. The van der Waals surface area contributed by atoms with E-state index in [1.807, 2.05) is 0 Å². The van der Waals surface area contributed by atoms with E-state index < -0.39 is 0 Å². The molecule has 0 aromatic carbocycles. The standard InChI is InChI=1S/C12H18O/c1-5-12-11(6-7-13-12)8-10(4)9(2)3/h5,8-9H,1,6-7H2,2-4H3/b10-8+. The Kier molecular flexibility index (Phi) is 3.35. The predicted molar refractivity (Wildman–Crippen MR) is 56.4 cm³/mol. The Morgan fingerprint density at radius 1 is 1.54 bits per heavy atom. The maximum atomic E-state index is 5.41. The molecule has 0 unspecified atom stereocenters. The lowest BCUT2D eigenvalue weighted by molar-refractivity contribution is 0.257. The summed E-state index contributed by atoms with van der Waals surface area (Å²) in [5.41, 5.74) is 2.70.